The first-order valence-electron chi connectivity index (χ1n) is 21.5. The van der Waals surface area contributed by atoms with E-state index >= 15 is 0 Å². The summed E-state index contributed by atoms with van der Waals surface area (Å²) in [4.78, 5) is 81.6. The maximum atomic E-state index is 14.1. The molecule has 1 aliphatic heterocycles. The van der Waals surface area contributed by atoms with Crippen molar-refractivity contribution in [3.8, 4) is 0 Å². The summed E-state index contributed by atoms with van der Waals surface area (Å²) in [6.45, 7) is 2.43. The van der Waals surface area contributed by atoms with Crippen LogP contribution in [0.15, 0.2) is 60.7 Å². The molecule has 0 aromatic heterocycles. The Morgan fingerprint density at radius 2 is 1.04 bits per heavy atom. The Kier molecular flexibility index (Phi) is 23.0. The average Bonchev–Trinajstić information content (AvgIpc) is 3.54. The van der Waals surface area contributed by atoms with Crippen LogP contribution in [0.25, 0.3) is 0 Å². The number of amides is 3. The molecule has 0 saturated carbocycles. The van der Waals surface area contributed by atoms with E-state index in [1.54, 1.807) is 0 Å². The number of nitrogens with zero attached hydrogens (tertiary/aromatic N) is 1. The van der Waals surface area contributed by atoms with Gasteiger partial charge in [-0.05, 0) is 30.4 Å². The SMILES string of the molecule is CCCCCCCCCCC[C@@](CCCCCCCCCCC(=O)OCc1ccccc1)(C(=O)NCCC(=O)ON1C(=O)CCC1=O)C(=O)OCc1ccccc1. The largest absolute Gasteiger partial charge is 0.461 e. The molecule has 11 heteroatoms. The van der Waals surface area contributed by atoms with Gasteiger partial charge in [0.2, 0.25) is 5.91 Å². The molecule has 1 aliphatic rings. The summed E-state index contributed by atoms with van der Waals surface area (Å²) in [5.41, 5.74) is 0.363. The minimum Gasteiger partial charge on any atom is -0.461 e. The molecule has 0 unspecified atom stereocenters. The number of rotatable bonds is 31. The van der Waals surface area contributed by atoms with Crippen LogP contribution in [-0.2, 0) is 56.3 Å². The normalized spacial score (nSPS) is 13.6. The van der Waals surface area contributed by atoms with Gasteiger partial charge in [-0.25, -0.2) is 4.79 Å². The van der Waals surface area contributed by atoms with Crippen LogP contribution < -0.4 is 5.32 Å². The quantitative estimate of drug-likeness (QED) is 0.0342. The topological polar surface area (TPSA) is 145 Å². The van der Waals surface area contributed by atoms with Crippen molar-refractivity contribution in [3.63, 3.8) is 0 Å². The molecular formula is C46H66N2O9. The molecule has 57 heavy (non-hydrogen) atoms. The Bertz CT molecular complexity index is 1480. The van der Waals surface area contributed by atoms with E-state index in [1.807, 2.05) is 60.7 Å². The van der Waals surface area contributed by atoms with Gasteiger partial charge in [0.05, 0.1) is 6.42 Å². The zero-order chi connectivity index (χ0) is 41.0. The number of hydrogen-bond acceptors (Lipinski definition) is 9. The minimum absolute atomic E-state index is 0.0107. The van der Waals surface area contributed by atoms with Crippen LogP contribution in [0.5, 0.6) is 0 Å². The first-order valence-corrected chi connectivity index (χ1v) is 21.5. The molecular weight excluding hydrogens is 725 g/mol. The number of hydrogen-bond donors (Lipinski definition) is 1. The Morgan fingerprint density at radius 1 is 0.579 bits per heavy atom. The van der Waals surface area contributed by atoms with Gasteiger partial charge >= 0.3 is 17.9 Å². The van der Waals surface area contributed by atoms with Crippen molar-refractivity contribution < 1.29 is 43.1 Å². The van der Waals surface area contributed by atoms with Gasteiger partial charge in [0.1, 0.15) is 18.6 Å². The van der Waals surface area contributed by atoms with Crippen LogP contribution in [0.3, 0.4) is 0 Å². The van der Waals surface area contributed by atoms with Crippen LogP contribution >= 0.6 is 0 Å². The van der Waals surface area contributed by atoms with E-state index in [0.717, 1.165) is 75.3 Å². The highest BCUT2D eigenvalue weighted by Crippen LogP contribution is 2.35. The fourth-order valence-electron chi connectivity index (χ4n) is 7.07. The van der Waals surface area contributed by atoms with Crippen molar-refractivity contribution in [3.05, 3.63) is 71.8 Å². The van der Waals surface area contributed by atoms with Gasteiger partial charge in [-0.2, -0.15) is 0 Å². The second-order valence-corrected chi connectivity index (χ2v) is 15.2. The van der Waals surface area contributed by atoms with E-state index in [0.29, 0.717) is 43.8 Å². The standard InChI is InChI=1S/C46H66N2O9/c1-2-3-4-5-6-8-11-14-23-33-46(45(54)56-37-39-27-20-17-21-28-39,44(53)47-35-32-43(52)57-48-40(49)30-31-41(48)50)34-24-15-12-9-7-10-13-22-29-42(51)55-36-38-25-18-16-19-26-38/h16-21,25-28H,2-15,22-24,29-37H2,1H3,(H,47,53)/t46-/m1/s1. The number of unbranched alkanes of at least 4 members (excludes halogenated alkanes) is 15. The molecule has 2 aromatic carbocycles. The molecule has 314 valence electrons. The van der Waals surface area contributed by atoms with Gasteiger partial charge in [0.15, 0.2) is 0 Å². The van der Waals surface area contributed by atoms with Crippen LogP contribution in [0.1, 0.15) is 166 Å². The number of imide groups is 1. The Hall–Kier alpha value is -4.54. The van der Waals surface area contributed by atoms with E-state index in [1.165, 1.54) is 32.1 Å². The monoisotopic (exact) mass is 790 g/mol. The third-order valence-corrected chi connectivity index (χ3v) is 10.5. The Labute approximate surface area is 339 Å². The second kappa shape index (κ2) is 28.0. The average molecular weight is 791 g/mol. The molecule has 0 aliphatic carbocycles. The number of ether oxygens (including phenoxy) is 2. The first kappa shape index (κ1) is 46.8. The Morgan fingerprint density at radius 3 is 1.54 bits per heavy atom. The number of nitrogens with one attached hydrogen (secondary N) is 1. The van der Waals surface area contributed by atoms with E-state index < -0.39 is 35.1 Å². The minimum atomic E-state index is -1.43. The zero-order valence-corrected chi connectivity index (χ0v) is 34.3. The summed E-state index contributed by atoms with van der Waals surface area (Å²) in [5.74, 6) is -3.19. The third-order valence-electron chi connectivity index (χ3n) is 10.5. The maximum absolute atomic E-state index is 14.1. The smallest absolute Gasteiger partial charge is 0.334 e. The summed E-state index contributed by atoms with van der Waals surface area (Å²) in [6.07, 6.45) is 17.8. The van der Waals surface area contributed by atoms with Crippen molar-refractivity contribution in [1.82, 2.24) is 10.4 Å². The molecule has 0 radical (unpaired) electrons. The summed E-state index contributed by atoms with van der Waals surface area (Å²) in [5, 5.41) is 3.29. The summed E-state index contributed by atoms with van der Waals surface area (Å²) in [6, 6.07) is 19.0. The molecule has 1 heterocycles. The highest BCUT2D eigenvalue weighted by Gasteiger charge is 2.46. The lowest BCUT2D eigenvalue weighted by atomic mass is 9.76. The van der Waals surface area contributed by atoms with E-state index in [-0.39, 0.29) is 38.4 Å². The molecule has 3 rings (SSSR count). The number of benzene rings is 2. The summed E-state index contributed by atoms with van der Waals surface area (Å²) in [7, 11) is 0. The van der Waals surface area contributed by atoms with Crippen LogP contribution in [0, 0.1) is 5.41 Å². The lowest BCUT2D eigenvalue weighted by molar-refractivity contribution is -0.197. The molecule has 1 atom stereocenters. The van der Waals surface area contributed by atoms with Crippen molar-refractivity contribution in [2.75, 3.05) is 6.54 Å². The predicted octanol–water partition coefficient (Wildman–Crippen LogP) is 9.40. The number of hydroxylamine groups is 2. The lowest BCUT2D eigenvalue weighted by Gasteiger charge is -2.31. The highest BCUT2D eigenvalue weighted by molar-refractivity contribution is 6.03. The molecule has 0 bridgehead atoms. The number of carbonyl (C=O) groups is 6. The fourth-order valence-corrected chi connectivity index (χ4v) is 7.07. The van der Waals surface area contributed by atoms with Crippen molar-refractivity contribution in [2.45, 2.75) is 168 Å². The molecule has 1 N–H and O–H groups in total. The summed E-state index contributed by atoms with van der Waals surface area (Å²) < 4.78 is 11.2. The van der Waals surface area contributed by atoms with Crippen LogP contribution in [-0.4, -0.2) is 47.2 Å². The van der Waals surface area contributed by atoms with Crippen molar-refractivity contribution >= 4 is 35.6 Å². The van der Waals surface area contributed by atoms with Crippen LogP contribution in [0.2, 0.25) is 0 Å². The maximum Gasteiger partial charge on any atom is 0.334 e. The molecule has 1 fully saturated rings. The van der Waals surface area contributed by atoms with Gasteiger partial charge in [0.25, 0.3) is 11.8 Å². The lowest BCUT2D eigenvalue weighted by Crippen LogP contribution is -2.48. The van der Waals surface area contributed by atoms with Crippen LogP contribution in [0.4, 0.5) is 0 Å². The molecule has 0 spiro atoms. The van der Waals surface area contributed by atoms with Gasteiger partial charge in [-0.15, -0.1) is 5.06 Å². The highest BCUT2D eigenvalue weighted by atomic mass is 16.7. The van der Waals surface area contributed by atoms with Crippen molar-refractivity contribution in [1.29, 1.82) is 0 Å². The number of esters is 2. The van der Waals surface area contributed by atoms with E-state index in [2.05, 4.69) is 12.2 Å². The van der Waals surface area contributed by atoms with E-state index in [9.17, 15) is 28.8 Å². The second-order valence-electron chi connectivity index (χ2n) is 15.2. The van der Waals surface area contributed by atoms with Gasteiger partial charge < -0.3 is 19.6 Å². The first-order chi connectivity index (χ1) is 27.7. The fraction of sp³-hybridized carbons (Fsp3) is 0.609. The number of carbonyl (C=O) groups excluding carboxylic acids is 6. The summed E-state index contributed by atoms with van der Waals surface area (Å²) >= 11 is 0. The Balaban J connectivity index is 1.53. The van der Waals surface area contributed by atoms with Gasteiger partial charge in [0, 0.05) is 25.8 Å². The molecule has 2 aromatic rings. The molecule has 1 saturated heterocycles. The van der Waals surface area contributed by atoms with Crippen molar-refractivity contribution in [2.24, 2.45) is 5.41 Å². The zero-order valence-electron chi connectivity index (χ0n) is 34.3. The molecule has 11 nitrogen and oxygen atoms in total. The van der Waals surface area contributed by atoms with Gasteiger partial charge in [-0.1, -0.05) is 170 Å². The van der Waals surface area contributed by atoms with Gasteiger partial charge in [-0.3, -0.25) is 24.0 Å². The predicted molar refractivity (Wildman–Crippen MR) is 218 cm³/mol. The third kappa shape index (κ3) is 18.5. The van der Waals surface area contributed by atoms with E-state index in [4.69, 9.17) is 14.3 Å². The molecule has 3 amide bonds.